The lowest BCUT2D eigenvalue weighted by Gasteiger charge is -1.90. The first kappa shape index (κ1) is 5.26. The van der Waals surface area contributed by atoms with Gasteiger partial charge in [0, 0.05) is 0 Å². The van der Waals surface area contributed by atoms with E-state index in [-0.39, 0.29) is 0 Å². The first-order chi connectivity index (χ1) is 2.81. The fourth-order valence-electron chi connectivity index (χ4n) is 0.0167. The van der Waals surface area contributed by atoms with Gasteiger partial charge < -0.3 is 0 Å². The summed E-state index contributed by atoms with van der Waals surface area (Å²) in [4.78, 5) is 6.47. The molecule has 0 aliphatic heterocycles. The third kappa shape index (κ3) is 1.57. The third-order valence-corrected chi connectivity index (χ3v) is 0.204. The smallest absolute Gasteiger partial charge is 0.298 e. The van der Waals surface area contributed by atoms with Crippen LogP contribution in [-0.2, 0) is 9.78 Å². The highest BCUT2D eigenvalue weighted by molar-refractivity contribution is 4.59. The van der Waals surface area contributed by atoms with Gasteiger partial charge in [0.05, 0.1) is 0 Å². The lowest BCUT2D eigenvalue weighted by Crippen LogP contribution is -1.85. The molecule has 0 aromatic carbocycles. The summed E-state index contributed by atoms with van der Waals surface area (Å²) >= 11 is 0. The second kappa shape index (κ2) is 2.49. The van der Waals surface area contributed by atoms with Gasteiger partial charge in [-0.3, -0.25) is 9.78 Å². The molecule has 4 heteroatoms. The van der Waals surface area contributed by atoms with Crippen LogP contribution in [0.25, 0.3) is 0 Å². The van der Waals surface area contributed by atoms with Crippen molar-refractivity contribution in [2.24, 2.45) is 0 Å². The Morgan fingerprint density at radius 1 is 1.33 bits per heavy atom. The number of rotatable bonds is 2. The molecule has 0 heterocycles. The van der Waals surface area contributed by atoms with Crippen molar-refractivity contribution in [3.05, 3.63) is 12.5 Å². The molecule has 0 bridgehead atoms. The Bertz CT molecular complexity index is 43.5. The van der Waals surface area contributed by atoms with E-state index >= 15 is 0 Å². The van der Waals surface area contributed by atoms with Crippen LogP contribution in [0.3, 0.4) is 0 Å². The normalized spacial score (nSPS) is 7.00. The average molecular weight is 92.0 g/mol. The molecule has 0 radical (unpaired) electrons. The molecule has 36 valence electrons. The van der Waals surface area contributed by atoms with Crippen molar-refractivity contribution in [1.82, 2.24) is 0 Å². The molecule has 0 rings (SSSR count). The Balaban J connectivity index is 2.99. The minimum Gasteiger partial charge on any atom is -0.298 e. The highest BCUT2D eigenvalue weighted by atomic mass is 17.2. The van der Waals surface area contributed by atoms with Crippen molar-refractivity contribution < 1.29 is 20.3 Å². The molecule has 0 aromatic rings. The predicted octanol–water partition coefficient (Wildman–Crippen LogP) is 0.437. The largest absolute Gasteiger partial charge is 0.345 e. The zero-order chi connectivity index (χ0) is 4.99. The standard InChI is InChI=1S/C2H4O4/c1-2(5-3)6-4/h3-4H,1H2. The summed E-state index contributed by atoms with van der Waals surface area (Å²) in [6.45, 7) is 2.85. The molecule has 0 unspecified atom stereocenters. The summed E-state index contributed by atoms with van der Waals surface area (Å²) in [5.74, 6) is -0.546. The summed E-state index contributed by atoms with van der Waals surface area (Å²) < 4.78 is 0. The summed E-state index contributed by atoms with van der Waals surface area (Å²) in [6.07, 6.45) is 0. The minimum atomic E-state index is -0.546. The zero-order valence-electron chi connectivity index (χ0n) is 2.92. The first-order valence-corrected chi connectivity index (χ1v) is 1.13. The van der Waals surface area contributed by atoms with E-state index in [1.807, 2.05) is 0 Å². The van der Waals surface area contributed by atoms with E-state index in [1.54, 1.807) is 0 Å². The quantitative estimate of drug-likeness (QED) is 0.294. The molecular formula is C2H4O4. The van der Waals surface area contributed by atoms with Crippen LogP contribution in [-0.4, -0.2) is 10.5 Å². The van der Waals surface area contributed by atoms with Crippen LogP contribution in [0.4, 0.5) is 0 Å². The topological polar surface area (TPSA) is 58.9 Å². The highest BCUT2D eigenvalue weighted by Crippen LogP contribution is 1.84. The molecule has 4 nitrogen and oxygen atoms in total. The predicted molar refractivity (Wildman–Crippen MR) is 16.6 cm³/mol. The molecule has 0 aliphatic rings. The maximum absolute atomic E-state index is 7.45. The molecular weight excluding hydrogens is 88.0 g/mol. The average Bonchev–Trinajstić information content (AvgIpc) is 1.65. The van der Waals surface area contributed by atoms with Gasteiger partial charge in [-0.15, -0.1) is 0 Å². The van der Waals surface area contributed by atoms with Gasteiger partial charge in [0.25, 0.3) is 0 Å². The maximum Gasteiger partial charge on any atom is 0.345 e. The van der Waals surface area contributed by atoms with Crippen molar-refractivity contribution in [3.63, 3.8) is 0 Å². The summed E-state index contributed by atoms with van der Waals surface area (Å²) in [5, 5.41) is 14.9. The fourth-order valence-corrected chi connectivity index (χ4v) is 0.0167. The molecule has 0 fully saturated rings. The van der Waals surface area contributed by atoms with E-state index in [0.717, 1.165) is 0 Å². The van der Waals surface area contributed by atoms with Gasteiger partial charge in [-0.05, 0) is 6.58 Å². The van der Waals surface area contributed by atoms with Crippen LogP contribution in [0.1, 0.15) is 0 Å². The van der Waals surface area contributed by atoms with Gasteiger partial charge in [-0.2, -0.15) is 10.5 Å². The third-order valence-electron chi connectivity index (χ3n) is 0.204. The molecule has 0 saturated heterocycles. The molecule has 2 N–H and O–H groups in total. The fraction of sp³-hybridized carbons (Fsp3) is 0. The van der Waals surface area contributed by atoms with Gasteiger partial charge in [0.15, 0.2) is 0 Å². The van der Waals surface area contributed by atoms with Crippen LogP contribution in [0.2, 0.25) is 0 Å². The molecule has 0 aromatic heterocycles. The van der Waals surface area contributed by atoms with Crippen LogP contribution in [0, 0.1) is 0 Å². The molecule has 0 amide bonds. The Hall–Kier alpha value is -0.740. The van der Waals surface area contributed by atoms with E-state index in [9.17, 15) is 0 Å². The van der Waals surface area contributed by atoms with Crippen LogP contribution < -0.4 is 0 Å². The van der Waals surface area contributed by atoms with E-state index in [2.05, 4.69) is 16.4 Å². The second-order valence-corrected chi connectivity index (χ2v) is 0.555. The Labute approximate surface area is 34.1 Å². The van der Waals surface area contributed by atoms with E-state index in [1.165, 1.54) is 0 Å². The molecule has 0 aliphatic carbocycles. The Morgan fingerprint density at radius 2 is 1.67 bits per heavy atom. The van der Waals surface area contributed by atoms with Crippen LogP contribution >= 0.6 is 0 Å². The van der Waals surface area contributed by atoms with Gasteiger partial charge in [0.1, 0.15) is 0 Å². The van der Waals surface area contributed by atoms with Crippen molar-refractivity contribution in [2.45, 2.75) is 0 Å². The lowest BCUT2D eigenvalue weighted by molar-refractivity contribution is -0.324. The summed E-state index contributed by atoms with van der Waals surface area (Å²) in [7, 11) is 0. The second-order valence-electron chi connectivity index (χ2n) is 0.555. The number of hydrogen-bond acceptors (Lipinski definition) is 4. The monoisotopic (exact) mass is 92.0 g/mol. The molecule has 0 saturated carbocycles. The Morgan fingerprint density at radius 3 is 1.67 bits per heavy atom. The summed E-state index contributed by atoms with van der Waals surface area (Å²) in [5.41, 5.74) is 0. The first-order valence-electron chi connectivity index (χ1n) is 1.13. The molecule has 0 spiro atoms. The highest BCUT2D eigenvalue weighted by Gasteiger charge is 1.84. The molecule has 0 atom stereocenters. The van der Waals surface area contributed by atoms with Gasteiger partial charge in [-0.25, -0.2) is 0 Å². The maximum atomic E-state index is 7.45. The Kier molecular flexibility index (Phi) is 2.19. The van der Waals surface area contributed by atoms with Crippen molar-refractivity contribution >= 4 is 0 Å². The number of hydrogen-bond donors (Lipinski definition) is 2. The van der Waals surface area contributed by atoms with Crippen molar-refractivity contribution in [3.8, 4) is 0 Å². The van der Waals surface area contributed by atoms with Gasteiger partial charge >= 0.3 is 5.95 Å². The van der Waals surface area contributed by atoms with Gasteiger partial charge in [-0.1, -0.05) is 0 Å². The SMILES string of the molecule is C=C(OO)OO. The minimum absolute atomic E-state index is 0.546. The van der Waals surface area contributed by atoms with Crippen LogP contribution in [0.15, 0.2) is 12.5 Å². The summed E-state index contributed by atoms with van der Waals surface area (Å²) in [6, 6.07) is 0. The lowest BCUT2D eigenvalue weighted by atomic mass is 11.1. The van der Waals surface area contributed by atoms with Crippen molar-refractivity contribution in [2.75, 3.05) is 0 Å². The van der Waals surface area contributed by atoms with Crippen LogP contribution in [0.5, 0.6) is 0 Å². The van der Waals surface area contributed by atoms with E-state index in [0.29, 0.717) is 0 Å². The zero-order valence-corrected chi connectivity index (χ0v) is 2.92. The molecule has 6 heavy (non-hydrogen) atoms. The van der Waals surface area contributed by atoms with Crippen molar-refractivity contribution in [1.29, 1.82) is 0 Å². The van der Waals surface area contributed by atoms with E-state index in [4.69, 9.17) is 10.5 Å². The van der Waals surface area contributed by atoms with Gasteiger partial charge in [0.2, 0.25) is 0 Å². The van der Waals surface area contributed by atoms with E-state index < -0.39 is 5.95 Å².